The maximum atomic E-state index is 3.83. The summed E-state index contributed by atoms with van der Waals surface area (Å²) >= 11 is 0. The Bertz CT molecular complexity index is 414. The molecule has 1 heterocycles. The zero-order valence-electron chi connectivity index (χ0n) is 12.9. The van der Waals surface area contributed by atoms with Gasteiger partial charge in [-0.2, -0.15) is 0 Å². The van der Waals surface area contributed by atoms with Gasteiger partial charge in [-0.3, -0.25) is 0 Å². The molecule has 110 valence electrons. The largest absolute Gasteiger partial charge is 0.313 e. The van der Waals surface area contributed by atoms with E-state index in [0.717, 1.165) is 12.0 Å². The standard InChI is InChI=1S/C18H28N2/c1-18(8-10-20(2)11-9-18)14-19-17-12-16(13-17)15-6-4-3-5-7-15/h3-7,16-17,19H,8-14H2,1-2H3. The number of nitrogens with zero attached hydrogens (tertiary/aromatic N) is 1. The van der Waals surface area contributed by atoms with E-state index in [-0.39, 0.29) is 0 Å². The summed E-state index contributed by atoms with van der Waals surface area (Å²) in [5, 5.41) is 3.83. The number of likely N-dealkylation sites (tertiary alicyclic amines) is 1. The van der Waals surface area contributed by atoms with Gasteiger partial charge in [-0.15, -0.1) is 0 Å². The lowest BCUT2D eigenvalue weighted by atomic mass is 9.74. The molecule has 1 aliphatic heterocycles. The molecule has 2 heteroatoms. The second-order valence-electron chi connectivity index (χ2n) is 7.27. The molecule has 1 aromatic carbocycles. The summed E-state index contributed by atoms with van der Waals surface area (Å²) in [5.74, 6) is 0.791. The molecule has 1 saturated carbocycles. The van der Waals surface area contributed by atoms with E-state index >= 15 is 0 Å². The third-order valence-electron chi connectivity index (χ3n) is 5.42. The van der Waals surface area contributed by atoms with Crippen LogP contribution in [0, 0.1) is 5.41 Å². The van der Waals surface area contributed by atoms with Crippen molar-refractivity contribution in [2.75, 3.05) is 26.7 Å². The van der Waals surface area contributed by atoms with Crippen LogP contribution >= 0.6 is 0 Å². The molecule has 2 nitrogen and oxygen atoms in total. The van der Waals surface area contributed by atoms with E-state index < -0.39 is 0 Å². The molecule has 0 amide bonds. The summed E-state index contributed by atoms with van der Waals surface area (Å²) in [4.78, 5) is 2.45. The molecule has 0 unspecified atom stereocenters. The Balaban J connectivity index is 1.41. The highest BCUT2D eigenvalue weighted by Gasteiger charge is 2.33. The van der Waals surface area contributed by atoms with Crippen LogP contribution in [0.2, 0.25) is 0 Å². The van der Waals surface area contributed by atoms with E-state index in [1.54, 1.807) is 0 Å². The molecule has 3 rings (SSSR count). The fourth-order valence-electron chi connectivity index (χ4n) is 3.51. The van der Waals surface area contributed by atoms with Gasteiger partial charge in [0.25, 0.3) is 0 Å². The Morgan fingerprint density at radius 2 is 1.80 bits per heavy atom. The van der Waals surface area contributed by atoms with E-state index in [9.17, 15) is 0 Å². The Labute approximate surface area is 123 Å². The third-order valence-corrected chi connectivity index (χ3v) is 5.42. The van der Waals surface area contributed by atoms with Crippen molar-refractivity contribution in [3.05, 3.63) is 35.9 Å². The smallest absolute Gasteiger partial charge is 0.00789 e. The van der Waals surface area contributed by atoms with Crippen LogP contribution in [0.3, 0.4) is 0 Å². The third kappa shape index (κ3) is 3.24. The van der Waals surface area contributed by atoms with Crippen LogP contribution in [-0.4, -0.2) is 37.6 Å². The number of rotatable bonds is 4. The number of benzene rings is 1. The lowest BCUT2D eigenvalue weighted by Gasteiger charge is -2.42. The van der Waals surface area contributed by atoms with Crippen molar-refractivity contribution in [2.24, 2.45) is 5.41 Å². The zero-order valence-corrected chi connectivity index (χ0v) is 12.9. The van der Waals surface area contributed by atoms with Crippen molar-refractivity contribution in [3.8, 4) is 0 Å². The Hall–Kier alpha value is -0.860. The van der Waals surface area contributed by atoms with E-state index in [1.807, 2.05) is 0 Å². The maximum absolute atomic E-state index is 3.83. The average Bonchev–Trinajstić information content (AvgIpc) is 2.42. The molecule has 1 N–H and O–H groups in total. The highest BCUT2D eigenvalue weighted by atomic mass is 15.1. The molecular weight excluding hydrogens is 244 g/mol. The van der Waals surface area contributed by atoms with Crippen molar-refractivity contribution in [1.29, 1.82) is 0 Å². The number of hydrogen-bond donors (Lipinski definition) is 1. The van der Waals surface area contributed by atoms with Crippen molar-refractivity contribution in [3.63, 3.8) is 0 Å². The predicted molar refractivity (Wildman–Crippen MR) is 85.0 cm³/mol. The lowest BCUT2D eigenvalue weighted by Crippen LogP contribution is -2.47. The first-order valence-electron chi connectivity index (χ1n) is 8.11. The summed E-state index contributed by atoms with van der Waals surface area (Å²) in [6, 6.07) is 11.7. The van der Waals surface area contributed by atoms with Crippen molar-refractivity contribution in [2.45, 2.75) is 44.6 Å². The number of nitrogens with one attached hydrogen (secondary N) is 1. The molecule has 0 bridgehead atoms. The van der Waals surface area contributed by atoms with E-state index in [4.69, 9.17) is 0 Å². The quantitative estimate of drug-likeness (QED) is 0.905. The topological polar surface area (TPSA) is 15.3 Å². The van der Waals surface area contributed by atoms with Crippen LogP contribution in [0.4, 0.5) is 0 Å². The monoisotopic (exact) mass is 272 g/mol. The summed E-state index contributed by atoms with van der Waals surface area (Å²) < 4.78 is 0. The summed E-state index contributed by atoms with van der Waals surface area (Å²) in [7, 11) is 2.24. The van der Waals surface area contributed by atoms with Gasteiger partial charge in [-0.25, -0.2) is 0 Å². The zero-order chi connectivity index (χ0) is 14.0. The summed E-state index contributed by atoms with van der Waals surface area (Å²) in [5.41, 5.74) is 2.04. The van der Waals surface area contributed by atoms with Crippen molar-refractivity contribution < 1.29 is 0 Å². The summed E-state index contributed by atoms with van der Waals surface area (Å²) in [6.07, 6.45) is 5.32. The van der Waals surface area contributed by atoms with E-state index in [1.165, 1.54) is 50.9 Å². The van der Waals surface area contributed by atoms with Gasteiger partial charge >= 0.3 is 0 Å². The molecule has 0 radical (unpaired) electrons. The van der Waals surface area contributed by atoms with E-state index in [2.05, 4.69) is 54.5 Å². The van der Waals surface area contributed by atoms with Gasteiger partial charge < -0.3 is 10.2 Å². The lowest BCUT2D eigenvalue weighted by molar-refractivity contribution is 0.125. The Morgan fingerprint density at radius 1 is 1.15 bits per heavy atom. The van der Waals surface area contributed by atoms with Gasteiger partial charge in [-0.05, 0) is 62.7 Å². The molecule has 1 aromatic rings. The second kappa shape index (κ2) is 5.87. The van der Waals surface area contributed by atoms with Gasteiger partial charge in [0.2, 0.25) is 0 Å². The molecule has 2 fully saturated rings. The highest BCUT2D eigenvalue weighted by Crippen LogP contribution is 2.37. The van der Waals surface area contributed by atoms with Crippen LogP contribution in [0.5, 0.6) is 0 Å². The first kappa shape index (κ1) is 14.1. The maximum Gasteiger partial charge on any atom is 0.00789 e. The fraction of sp³-hybridized carbons (Fsp3) is 0.667. The van der Waals surface area contributed by atoms with Gasteiger partial charge in [-0.1, -0.05) is 37.3 Å². The molecule has 2 aliphatic rings. The fourth-order valence-corrected chi connectivity index (χ4v) is 3.51. The normalized spacial score (nSPS) is 29.9. The molecule has 0 spiro atoms. The number of hydrogen-bond acceptors (Lipinski definition) is 2. The van der Waals surface area contributed by atoms with Crippen LogP contribution in [0.25, 0.3) is 0 Å². The van der Waals surface area contributed by atoms with Crippen LogP contribution in [0.15, 0.2) is 30.3 Å². The van der Waals surface area contributed by atoms with Gasteiger partial charge in [0.15, 0.2) is 0 Å². The van der Waals surface area contributed by atoms with Gasteiger partial charge in [0.05, 0.1) is 0 Å². The molecule has 1 aliphatic carbocycles. The minimum atomic E-state index is 0.518. The summed E-state index contributed by atoms with van der Waals surface area (Å²) in [6.45, 7) is 6.18. The molecule has 0 atom stereocenters. The van der Waals surface area contributed by atoms with Gasteiger partial charge in [0, 0.05) is 12.6 Å². The SMILES string of the molecule is CN1CCC(C)(CNC2CC(c3ccccc3)C2)CC1. The molecule has 20 heavy (non-hydrogen) atoms. The first-order valence-corrected chi connectivity index (χ1v) is 8.11. The average molecular weight is 272 g/mol. The number of piperidine rings is 1. The van der Waals surface area contributed by atoms with Crippen molar-refractivity contribution in [1.82, 2.24) is 10.2 Å². The van der Waals surface area contributed by atoms with Crippen LogP contribution in [-0.2, 0) is 0 Å². The van der Waals surface area contributed by atoms with Gasteiger partial charge in [0.1, 0.15) is 0 Å². The van der Waals surface area contributed by atoms with Crippen molar-refractivity contribution >= 4 is 0 Å². The first-order chi connectivity index (χ1) is 9.65. The Kier molecular flexibility index (Phi) is 4.13. The van der Waals surface area contributed by atoms with Crippen LogP contribution in [0.1, 0.15) is 44.1 Å². The molecular formula is C18H28N2. The van der Waals surface area contributed by atoms with E-state index in [0.29, 0.717) is 5.41 Å². The molecule has 0 aromatic heterocycles. The Morgan fingerprint density at radius 3 is 2.45 bits per heavy atom. The minimum absolute atomic E-state index is 0.518. The second-order valence-corrected chi connectivity index (χ2v) is 7.27. The highest BCUT2D eigenvalue weighted by molar-refractivity contribution is 5.22. The van der Waals surface area contributed by atoms with Crippen LogP contribution < -0.4 is 5.32 Å². The molecule has 1 saturated heterocycles. The minimum Gasteiger partial charge on any atom is -0.313 e. The predicted octanol–water partition coefficient (Wildman–Crippen LogP) is 3.25.